The van der Waals surface area contributed by atoms with Gasteiger partial charge in [0.25, 0.3) is 5.79 Å². The molecule has 14 nitrogen and oxygen atoms in total. The molecule has 0 atom stereocenters. The maximum absolute atomic E-state index is 11.7. The summed E-state index contributed by atoms with van der Waals surface area (Å²) in [6.45, 7) is 8.77. The molecule has 0 spiro atoms. The maximum Gasteiger partial charge on any atom is 1.00 e. The molecule has 51 heavy (non-hydrogen) atoms. The maximum atomic E-state index is 11.7. The molecule has 3 N–H and O–H groups in total. The number of aromatic nitrogens is 3. The Hall–Kier alpha value is -5.14. The second-order valence-corrected chi connectivity index (χ2v) is 11.2. The number of carbonyl (C=O) groups is 6. The summed E-state index contributed by atoms with van der Waals surface area (Å²) in [6.07, 6.45) is 5.46. The standard InChI is InChI=1S/C14H17NO6.C10H11NO3.C10H13NO2.3CH4/c1-4-19-13(18)11-7-10-5-6-14(12(10)15-11,20-8(2)16)21-9(3)17;1-2-14-10(13)7-5-6-3-4-8(12)9(6)11-7;1-2-13-10(12)9-6-7-4-3-5-8(7)11-9;;;/h7,15H,4-6H2,1-3H3;5,11H,2-4H2,1H3;6,11H,2-5H2,1H3;3*1H4/p+1. The van der Waals surface area contributed by atoms with E-state index >= 15 is 0 Å². The fourth-order valence-corrected chi connectivity index (χ4v) is 5.86. The Kier molecular flexibility index (Phi) is 16.6. The normalized spacial score (nSPS) is 13.8. The summed E-state index contributed by atoms with van der Waals surface area (Å²) in [5, 5.41) is 0. The number of rotatable bonds is 8. The predicted octanol–water partition coefficient (Wildman–Crippen LogP) is 6.44. The van der Waals surface area contributed by atoms with Gasteiger partial charge in [-0.1, -0.05) is 22.3 Å². The molecule has 0 saturated carbocycles. The van der Waals surface area contributed by atoms with Crippen molar-refractivity contribution < 1.29 is 53.9 Å². The number of nitrogens with one attached hydrogen (secondary N) is 3. The first-order chi connectivity index (χ1) is 22.9. The SMILES string of the molecule is C.C.C.CCOC(=O)c1cc2c([nH]1)C(=O)CC2.CCOC(=O)c1cc2c([nH]1)C(OC(C)=O)(OC(C)=O)CC2.CCOC(=O)c1cc2c([nH]1)CCC2.[H+]. The number of fused-ring (bicyclic) bond motifs is 3. The monoisotopic (exact) mass is 716 g/mol. The Labute approximate surface area is 300 Å². The van der Waals surface area contributed by atoms with Crippen LogP contribution in [0, 0.1) is 0 Å². The predicted molar refractivity (Wildman–Crippen MR) is 190 cm³/mol. The minimum Gasteiger partial charge on any atom is -0.461 e. The quantitative estimate of drug-likeness (QED) is 0.132. The Balaban J connectivity index is 0.000000746. The molecule has 3 aromatic heterocycles. The van der Waals surface area contributed by atoms with Crippen LogP contribution in [-0.4, -0.2) is 70.4 Å². The topological polar surface area (TPSA) is 196 Å². The number of esters is 5. The summed E-state index contributed by atoms with van der Waals surface area (Å²) in [5.41, 5.74) is 6.40. The van der Waals surface area contributed by atoms with Gasteiger partial charge in [0.05, 0.1) is 25.5 Å². The average molecular weight is 717 g/mol. The molecule has 0 saturated heterocycles. The van der Waals surface area contributed by atoms with Gasteiger partial charge in [-0.15, -0.1) is 0 Å². The highest BCUT2D eigenvalue weighted by atomic mass is 16.7. The van der Waals surface area contributed by atoms with Crippen molar-refractivity contribution in [2.45, 2.75) is 108 Å². The van der Waals surface area contributed by atoms with Crippen LogP contribution in [0.1, 0.15) is 148 Å². The van der Waals surface area contributed by atoms with Gasteiger partial charge in [-0.05, 0) is 87.8 Å². The van der Waals surface area contributed by atoms with E-state index in [9.17, 15) is 28.8 Å². The molecule has 3 aromatic rings. The number of ketones is 1. The molecule has 282 valence electrons. The van der Waals surface area contributed by atoms with E-state index in [1.807, 2.05) is 13.0 Å². The van der Waals surface area contributed by atoms with Crippen LogP contribution >= 0.6 is 0 Å². The Bertz CT molecular complexity index is 1660. The molecule has 0 amide bonds. The molecule has 0 bridgehead atoms. The molecule has 14 heteroatoms. The fourth-order valence-electron chi connectivity index (χ4n) is 5.86. The Morgan fingerprint density at radius 3 is 1.63 bits per heavy atom. The van der Waals surface area contributed by atoms with E-state index in [1.54, 1.807) is 26.0 Å². The van der Waals surface area contributed by atoms with Crippen molar-refractivity contribution in [3.63, 3.8) is 0 Å². The number of hydrogen-bond acceptors (Lipinski definition) is 11. The van der Waals surface area contributed by atoms with Gasteiger partial charge in [-0.25, -0.2) is 14.4 Å². The molecule has 0 aromatic carbocycles. The molecule has 6 rings (SSSR count). The number of aryl methyl sites for hydroxylation is 4. The minimum atomic E-state index is -1.49. The number of H-pyrrole nitrogens is 3. The molecule has 3 heterocycles. The third-order valence-electron chi connectivity index (χ3n) is 7.77. The van der Waals surface area contributed by atoms with E-state index in [0.717, 1.165) is 30.4 Å². The van der Waals surface area contributed by atoms with Crippen molar-refractivity contribution in [1.82, 2.24) is 15.0 Å². The Morgan fingerprint density at radius 1 is 0.647 bits per heavy atom. The van der Waals surface area contributed by atoms with Crippen LogP contribution in [-0.2, 0) is 64.7 Å². The van der Waals surface area contributed by atoms with E-state index < -0.39 is 29.7 Å². The number of hydrogen-bond donors (Lipinski definition) is 3. The zero-order valence-corrected chi connectivity index (χ0v) is 27.8. The van der Waals surface area contributed by atoms with Gasteiger partial charge in [0.15, 0.2) is 5.78 Å². The third-order valence-corrected chi connectivity index (χ3v) is 7.77. The lowest BCUT2D eigenvalue weighted by Crippen LogP contribution is -2.35. The first-order valence-electron chi connectivity index (χ1n) is 16.0. The van der Waals surface area contributed by atoms with E-state index in [-0.39, 0.29) is 47.8 Å². The third kappa shape index (κ3) is 10.4. The van der Waals surface area contributed by atoms with Crippen LogP contribution < -0.4 is 0 Å². The van der Waals surface area contributed by atoms with Gasteiger partial charge in [-0.3, -0.25) is 14.4 Å². The van der Waals surface area contributed by atoms with Crippen LogP contribution in [0.25, 0.3) is 0 Å². The first-order valence-corrected chi connectivity index (χ1v) is 16.0. The summed E-state index contributed by atoms with van der Waals surface area (Å²) in [7, 11) is 0. The number of aromatic amines is 3. The van der Waals surface area contributed by atoms with Crippen molar-refractivity contribution in [3.8, 4) is 0 Å². The molecule has 0 radical (unpaired) electrons. The highest BCUT2D eigenvalue weighted by molar-refractivity contribution is 6.01. The lowest BCUT2D eigenvalue weighted by molar-refractivity contribution is -0.232. The smallest absolute Gasteiger partial charge is 0.461 e. The van der Waals surface area contributed by atoms with E-state index in [1.165, 1.54) is 31.5 Å². The highest BCUT2D eigenvalue weighted by Gasteiger charge is 2.47. The van der Waals surface area contributed by atoms with Crippen molar-refractivity contribution in [2.75, 3.05) is 19.8 Å². The summed E-state index contributed by atoms with van der Waals surface area (Å²) >= 11 is 0. The van der Waals surface area contributed by atoms with Gasteiger partial charge < -0.3 is 38.6 Å². The zero-order valence-electron chi connectivity index (χ0n) is 28.8. The van der Waals surface area contributed by atoms with Gasteiger partial charge in [0.1, 0.15) is 22.8 Å². The highest BCUT2D eigenvalue weighted by Crippen LogP contribution is 2.41. The molecule has 0 fully saturated rings. The molecule has 0 unspecified atom stereocenters. The van der Waals surface area contributed by atoms with Crippen LogP contribution in [0.2, 0.25) is 0 Å². The van der Waals surface area contributed by atoms with E-state index in [0.29, 0.717) is 55.3 Å². The van der Waals surface area contributed by atoms with Crippen molar-refractivity contribution in [2.24, 2.45) is 0 Å². The fraction of sp³-hybridized carbons (Fsp3) is 0.514. The summed E-state index contributed by atoms with van der Waals surface area (Å²) in [5.74, 6) is -3.70. The second-order valence-electron chi connectivity index (χ2n) is 11.2. The van der Waals surface area contributed by atoms with Crippen LogP contribution in [0.3, 0.4) is 0 Å². The molecular weight excluding hydrogens is 662 g/mol. The summed E-state index contributed by atoms with van der Waals surface area (Å²) in [4.78, 5) is 77.0. The van der Waals surface area contributed by atoms with Crippen molar-refractivity contribution in [3.05, 3.63) is 69.1 Å². The van der Waals surface area contributed by atoms with Gasteiger partial charge in [-0.2, -0.15) is 0 Å². The molecular formula is C37H54N3O11+. The van der Waals surface area contributed by atoms with Crippen molar-refractivity contribution in [1.29, 1.82) is 0 Å². The second kappa shape index (κ2) is 19.3. The lowest BCUT2D eigenvalue weighted by Gasteiger charge is -2.27. The number of Topliss-reactive ketones (excluding diaryl/α,β-unsaturated/α-hetero) is 1. The summed E-state index contributed by atoms with van der Waals surface area (Å²) in [6, 6.07) is 5.25. The van der Waals surface area contributed by atoms with Crippen LogP contribution in [0.15, 0.2) is 18.2 Å². The van der Waals surface area contributed by atoms with Gasteiger partial charge in [0, 0.05) is 32.4 Å². The minimum absolute atomic E-state index is 0. The lowest BCUT2D eigenvalue weighted by atomic mass is 10.2. The number of ether oxygens (including phenoxy) is 5. The average Bonchev–Trinajstić information content (AvgIpc) is 3.85. The van der Waals surface area contributed by atoms with Crippen molar-refractivity contribution >= 4 is 35.6 Å². The summed E-state index contributed by atoms with van der Waals surface area (Å²) < 4.78 is 25.1. The van der Waals surface area contributed by atoms with E-state index in [2.05, 4.69) is 15.0 Å². The molecule has 0 aliphatic heterocycles. The van der Waals surface area contributed by atoms with Gasteiger partial charge in [0.2, 0.25) is 0 Å². The Morgan fingerprint density at radius 2 is 1.14 bits per heavy atom. The largest absolute Gasteiger partial charge is 1.00 e. The number of carbonyl (C=O) groups excluding carboxylic acids is 6. The van der Waals surface area contributed by atoms with Crippen LogP contribution in [0.4, 0.5) is 0 Å². The first kappa shape index (κ1) is 43.9. The van der Waals surface area contributed by atoms with Gasteiger partial charge >= 0.3 is 31.3 Å². The van der Waals surface area contributed by atoms with E-state index in [4.69, 9.17) is 23.7 Å². The zero-order chi connectivity index (χ0) is 35.0. The molecule has 3 aliphatic carbocycles. The van der Waals surface area contributed by atoms with Crippen LogP contribution in [0.5, 0.6) is 0 Å². The molecule has 3 aliphatic rings.